The van der Waals surface area contributed by atoms with E-state index < -0.39 is 6.04 Å². The van der Waals surface area contributed by atoms with E-state index in [1.54, 1.807) is 18.2 Å². The molecule has 0 unspecified atom stereocenters. The molecule has 112 valence electrons. The van der Waals surface area contributed by atoms with Crippen molar-refractivity contribution in [3.8, 4) is 11.5 Å². The van der Waals surface area contributed by atoms with Crippen molar-refractivity contribution in [2.75, 3.05) is 17.4 Å². The van der Waals surface area contributed by atoms with Gasteiger partial charge in [-0.2, -0.15) is 0 Å². The number of rotatable bonds is 2. The van der Waals surface area contributed by atoms with E-state index in [-0.39, 0.29) is 31.0 Å². The number of aromatic nitrogens is 3. The van der Waals surface area contributed by atoms with Crippen molar-refractivity contribution in [3.63, 3.8) is 0 Å². The number of nitrogens with one attached hydrogen (secondary N) is 2. The van der Waals surface area contributed by atoms with Gasteiger partial charge in [0, 0.05) is 11.8 Å². The predicted molar refractivity (Wildman–Crippen MR) is 73.5 cm³/mol. The van der Waals surface area contributed by atoms with Crippen LogP contribution in [0.5, 0.6) is 11.5 Å². The molecule has 2 N–H and O–H groups in total. The number of amides is 2. The molecule has 3 heterocycles. The molecule has 9 heteroatoms. The molecule has 0 aliphatic carbocycles. The van der Waals surface area contributed by atoms with Gasteiger partial charge in [0.25, 0.3) is 0 Å². The van der Waals surface area contributed by atoms with Crippen LogP contribution >= 0.6 is 0 Å². The molecule has 9 nitrogen and oxygen atoms in total. The molecule has 1 aromatic heterocycles. The molecule has 22 heavy (non-hydrogen) atoms. The van der Waals surface area contributed by atoms with Crippen molar-refractivity contribution in [1.82, 2.24) is 14.8 Å². The van der Waals surface area contributed by atoms with E-state index >= 15 is 0 Å². The Balaban J connectivity index is 1.57. The first-order chi connectivity index (χ1) is 10.7. The second-order valence-corrected chi connectivity index (χ2v) is 4.89. The van der Waals surface area contributed by atoms with Crippen molar-refractivity contribution < 1.29 is 19.1 Å². The van der Waals surface area contributed by atoms with Gasteiger partial charge in [0.15, 0.2) is 11.5 Å². The molecule has 0 radical (unpaired) electrons. The Morgan fingerprint density at radius 3 is 3.14 bits per heavy atom. The molecule has 2 aliphatic heterocycles. The molecule has 4 rings (SSSR count). The van der Waals surface area contributed by atoms with Crippen LogP contribution in [0.15, 0.2) is 24.5 Å². The normalized spacial score (nSPS) is 18.5. The average molecular weight is 301 g/mol. The fourth-order valence-electron chi connectivity index (χ4n) is 2.43. The van der Waals surface area contributed by atoms with Gasteiger partial charge in [-0.15, -0.1) is 10.2 Å². The summed E-state index contributed by atoms with van der Waals surface area (Å²) in [4.78, 5) is 24.1. The summed E-state index contributed by atoms with van der Waals surface area (Å²) < 4.78 is 12.0. The Hall–Kier alpha value is -3.10. The van der Waals surface area contributed by atoms with Gasteiger partial charge < -0.3 is 14.8 Å². The predicted octanol–water partition coefficient (Wildman–Crippen LogP) is 0.529. The van der Waals surface area contributed by atoms with Gasteiger partial charge in [0.05, 0.1) is 6.42 Å². The van der Waals surface area contributed by atoms with Crippen molar-refractivity contribution in [3.05, 3.63) is 24.5 Å². The molecule has 0 fully saturated rings. The SMILES string of the molecule is O=C1C[C@@H](C(=O)Nc2ccc3c(c2)OCO3)n2cnnc2N1. The third kappa shape index (κ3) is 2.03. The van der Waals surface area contributed by atoms with E-state index in [0.29, 0.717) is 17.2 Å². The van der Waals surface area contributed by atoms with E-state index in [0.717, 1.165) is 0 Å². The van der Waals surface area contributed by atoms with Crippen LogP contribution in [-0.4, -0.2) is 33.4 Å². The van der Waals surface area contributed by atoms with Crippen molar-refractivity contribution in [2.24, 2.45) is 0 Å². The number of fused-ring (bicyclic) bond motifs is 2. The second-order valence-electron chi connectivity index (χ2n) is 4.89. The Morgan fingerprint density at radius 2 is 2.23 bits per heavy atom. The maximum atomic E-state index is 12.4. The molecule has 0 saturated carbocycles. The summed E-state index contributed by atoms with van der Waals surface area (Å²) in [6.45, 7) is 0.166. The number of carbonyl (C=O) groups excluding carboxylic acids is 2. The number of anilines is 2. The van der Waals surface area contributed by atoms with E-state index in [4.69, 9.17) is 9.47 Å². The van der Waals surface area contributed by atoms with Gasteiger partial charge in [-0.3, -0.25) is 19.5 Å². The summed E-state index contributed by atoms with van der Waals surface area (Å²) in [5, 5.41) is 12.8. The zero-order chi connectivity index (χ0) is 15.1. The summed E-state index contributed by atoms with van der Waals surface area (Å²) in [5.41, 5.74) is 0.565. The molecule has 2 aliphatic rings. The maximum Gasteiger partial charge on any atom is 0.248 e. The van der Waals surface area contributed by atoms with Crippen molar-refractivity contribution in [1.29, 1.82) is 0 Å². The lowest BCUT2D eigenvalue weighted by molar-refractivity contribution is -0.125. The number of hydrogen-bond donors (Lipinski definition) is 2. The van der Waals surface area contributed by atoms with Crippen LogP contribution in [0.4, 0.5) is 11.6 Å². The number of ether oxygens (including phenoxy) is 2. The van der Waals surface area contributed by atoms with Crippen LogP contribution in [0.3, 0.4) is 0 Å². The fraction of sp³-hybridized carbons (Fsp3) is 0.231. The average Bonchev–Trinajstić information content (AvgIpc) is 3.13. The first-order valence-corrected chi connectivity index (χ1v) is 6.60. The minimum atomic E-state index is -0.691. The highest BCUT2D eigenvalue weighted by atomic mass is 16.7. The first-order valence-electron chi connectivity index (χ1n) is 6.60. The highest BCUT2D eigenvalue weighted by Crippen LogP contribution is 2.34. The monoisotopic (exact) mass is 301 g/mol. The summed E-state index contributed by atoms with van der Waals surface area (Å²) in [5.74, 6) is 0.878. The number of nitrogens with zero attached hydrogens (tertiary/aromatic N) is 3. The largest absolute Gasteiger partial charge is 0.454 e. The Bertz CT molecular complexity index is 772. The smallest absolute Gasteiger partial charge is 0.248 e. The lowest BCUT2D eigenvalue weighted by Gasteiger charge is -2.23. The van der Waals surface area contributed by atoms with Crippen LogP contribution in [0.1, 0.15) is 12.5 Å². The third-order valence-electron chi connectivity index (χ3n) is 3.48. The summed E-state index contributed by atoms with van der Waals surface area (Å²) in [6, 6.07) is 4.41. The Kier molecular flexibility index (Phi) is 2.71. The molecule has 0 saturated heterocycles. The van der Waals surface area contributed by atoms with E-state index in [1.807, 2.05) is 0 Å². The van der Waals surface area contributed by atoms with Gasteiger partial charge >= 0.3 is 0 Å². The number of hydrogen-bond acceptors (Lipinski definition) is 6. The van der Waals surface area contributed by atoms with E-state index in [1.165, 1.54) is 10.9 Å². The highest BCUT2D eigenvalue weighted by molar-refractivity contribution is 6.00. The zero-order valence-electron chi connectivity index (χ0n) is 11.3. The summed E-state index contributed by atoms with van der Waals surface area (Å²) >= 11 is 0. The molecule has 1 aromatic carbocycles. The molecule has 0 bridgehead atoms. The minimum absolute atomic E-state index is 0.0292. The summed E-state index contributed by atoms with van der Waals surface area (Å²) in [7, 11) is 0. The molecule has 2 amide bonds. The van der Waals surface area contributed by atoms with Crippen LogP contribution in [0.2, 0.25) is 0 Å². The lowest BCUT2D eigenvalue weighted by atomic mass is 10.1. The zero-order valence-corrected chi connectivity index (χ0v) is 11.3. The lowest BCUT2D eigenvalue weighted by Crippen LogP contribution is -2.35. The van der Waals surface area contributed by atoms with Crippen LogP contribution in [-0.2, 0) is 9.59 Å². The number of carbonyl (C=O) groups is 2. The standard InChI is InChI=1S/C13H11N5O4/c19-11-4-8(18-5-14-17-13(18)16-11)12(20)15-7-1-2-9-10(3-7)22-6-21-9/h1-3,5,8H,4,6H2,(H,15,20)(H,16,17,19)/t8-/m0/s1. The summed E-state index contributed by atoms with van der Waals surface area (Å²) in [6.07, 6.45) is 1.44. The molecular weight excluding hydrogens is 290 g/mol. The molecule has 2 aromatic rings. The quantitative estimate of drug-likeness (QED) is 0.837. The van der Waals surface area contributed by atoms with E-state index in [9.17, 15) is 9.59 Å². The van der Waals surface area contributed by atoms with E-state index in [2.05, 4.69) is 20.8 Å². The molecular formula is C13H11N5O4. The fourth-order valence-corrected chi connectivity index (χ4v) is 2.43. The second kappa shape index (κ2) is 4.72. The van der Waals surface area contributed by atoms with Gasteiger partial charge in [0.2, 0.25) is 24.6 Å². The Labute approximate surface area is 124 Å². The molecule has 0 spiro atoms. The van der Waals surface area contributed by atoms with Crippen LogP contribution in [0, 0.1) is 0 Å². The Morgan fingerprint density at radius 1 is 1.36 bits per heavy atom. The van der Waals surface area contributed by atoms with Gasteiger partial charge in [-0.25, -0.2) is 0 Å². The van der Waals surface area contributed by atoms with Gasteiger partial charge in [-0.05, 0) is 12.1 Å². The minimum Gasteiger partial charge on any atom is -0.454 e. The van der Waals surface area contributed by atoms with Crippen LogP contribution in [0.25, 0.3) is 0 Å². The topological polar surface area (TPSA) is 107 Å². The third-order valence-corrected chi connectivity index (χ3v) is 3.48. The van der Waals surface area contributed by atoms with Gasteiger partial charge in [-0.1, -0.05) is 0 Å². The van der Waals surface area contributed by atoms with Crippen LogP contribution < -0.4 is 20.1 Å². The first kappa shape index (κ1) is 12.6. The molecule has 1 atom stereocenters. The van der Waals surface area contributed by atoms with Crippen molar-refractivity contribution in [2.45, 2.75) is 12.5 Å². The van der Waals surface area contributed by atoms with Gasteiger partial charge in [0.1, 0.15) is 12.4 Å². The number of benzene rings is 1. The highest BCUT2D eigenvalue weighted by Gasteiger charge is 2.31. The van der Waals surface area contributed by atoms with Crippen molar-refractivity contribution >= 4 is 23.5 Å². The maximum absolute atomic E-state index is 12.4.